The number of hydrogen-bond acceptors (Lipinski definition) is 12. The highest BCUT2D eigenvalue weighted by atomic mass is 16.5. The van der Waals surface area contributed by atoms with E-state index in [1.165, 1.54) is 0 Å². The molecule has 0 radical (unpaired) electrons. The van der Waals surface area contributed by atoms with Gasteiger partial charge in [0, 0.05) is 99.2 Å². The molecular weight excluding hydrogens is 863 g/mol. The van der Waals surface area contributed by atoms with E-state index < -0.39 is 29.7 Å². The molecule has 68 heavy (non-hydrogen) atoms. The molecule has 3 aromatic rings. The molecule has 5 amide bonds. The highest BCUT2D eigenvalue weighted by Gasteiger charge is 2.64. The molecule has 2 aliphatic carbocycles. The van der Waals surface area contributed by atoms with E-state index in [0.717, 1.165) is 112 Å². The summed E-state index contributed by atoms with van der Waals surface area (Å²) in [5, 5.41) is 15.1. The number of nitrogens with one attached hydrogen (secondary N) is 2. The minimum atomic E-state index is -1.01. The lowest BCUT2D eigenvalue weighted by molar-refractivity contribution is -0.164. The highest BCUT2D eigenvalue weighted by molar-refractivity contribution is 6.23. The lowest BCUT2D eigenvalue weighted by Crippen LogP contribution is -2.74. The highest BCUT2D eigenvalue weighted by Crippen LogP contribution is 2.55. The molecule has 0 unspecified atom stereocenters. The Morgan fingerprint density at radius 3 is 2.16 bits per heavy atom. The maximum absolute atomic E-state index is 13.7. The summed E-state index contributed by atoms with van der Waals surface area (Å²) in [6.07, 6.45) is 3.87. The van der Waals surface area contributed by atoms with Gasteiger partial charge in [-0.25, -0.2) is 0 Å². The summed E-state index contributed by atoms with van der Waals surface area (Å²) in [6, 6.07) is 18.3. The molecule has 6 aliphatic rings. The smallest absolute Gasteiger partial charge is 0.262 e. The van der Waals surface area contributed by atoms with Crippen molar-refractivity contribution in [1.29, 1.82) is 5.26 Å². The van der Waals surface area contributed by atoms with Gasteiger partial charge in [-0.1, -0.05) is 27.7 Å². The number of anilines is 1. The Kier molecular flexibility index (Phi) is 13.2. The number of benzene rings is 3. The normalized spacial score (nSPS) is 25.8. The molecule has 1 atom stereocenters. The second kappa shape index (κ2) is 18.9. The summed E-state index contributed by atoms with van der Waals surface area (Å²) in [7, 11) is 0. The molecule has 0 bridgehead atoms. The average Bonchev–Trinajstić information content (AvgIpc) is 3.55. The Bertz CT molecular complexity index is 2460. The third-order valence-electron chi connectivity index (χ3n) is 15.7. The van der Waals surface area contributed by atoms with Crippen molar-refractivity contribution in [2.45, 2.75) is 110 Å². The number of morpholine rings is 1. The molecule has 0 aromatic heterocycles. The number of carbonyl (C=O) groups excluding carboxylic acids is 5. The van der Waals surface area contributed by atoms with E-state index in [4.69, 9.17) is 14.2 Å². The van der Waals surface area contributed by atoms with Gasteiger partial charge in [0.05, 0.1) is 36.0 Å². The first-order chi connectivity index (χ1) is 32.5. The maximum Gasteiger partial charge on any atom is 0.262 e. The predicted molar refractivity (Wildman–Crippen MR) is 255 cm³/mol. The van der Waals surface area contributed by atoms with E-state index in [9.17, 15) is 29.2 Å². The average molecular weight is 928 g/mol. The third-order valence-corrected chi connectivity index (χ3v) is 15.7. The molecule has 15 nitrogen and oxygen atoms in total. The van der Waals surface area contributed by atoms with E-state index in [1.807, 2.05) is 38.1 Å². The van der Waals surface area contributed by atoms with Gasteiger partial charge in [0.1, 0.15) is 29.7 Å². The number of amides is 5. The molecule has 3 aromatic carbocycles. The van der Waals surface area contributed by atoms with Gasteiger partial charge in [-0.15, -0.1) is 0 Å². The molecule has 2 N–H and O–H groups in total. The third kappa shape index (κ3) is 9.22. The Morgan fingerprint density at radius 2 is 1.51 bits per heavy atom. The molecule has 5 fully saturated rings. The number of nitrogens with zero attached hydrogens (tertiary/aromatic N) is 5. The van der Waals surface area contributed by atoms with Gasteiger partial charge in [0.25, 0.3) is 17.7 Å². The standard InChI is InChI=1S/C53H65N7O8/c1-32-25-39(26-33(2)43(32)30-54)68-51-52(3,4)50(53(51,5)6)56-46(62)35-7-9-36(10-8-35)58-17-15-34(16-18-58)31-59(20-19-57-21-23-66-24-22-57)37-27-40(28-37)67-38-11-12-41-42(29-38)49(65)60(48(41)64)44-13-14-45(61)55-47(44)63/h7-12,25-26,29,34,37,40,44,50-51H,13-24,27-28,31H2,1-6H3,(H,56,62)(H,55,61,63)/t37?,40?,44-,50?,51?/m1/s1. The van der Waals surface area contributed by atoms with E-state index in [-0.39, 0.29) is 59.0 Å². The number of nitriles is 1. The van der Waals surface area contributed by atoms with Crippen molar-refractivity contribution < 1.29 is 38.2 Å². The van der Waals surface area contributed by atoms with E-state index in [2.05, 4.69) is 71.2 Å². The SMILES string of the molecule is Cc1cc(OC2C(C)(C)C(NC(=O)c3ccc(N4CCC(CN(CCN5CCOCC5)C5CC(Oc6ccc7c(c6)C(=O)N([C@@H]6CCC(=O)NC6=O)C7=O)C5)CC4)cc3)C2(C)C)cc(C)c1C#N. The Hall–Kier alpha value is -5.82. The number of imide groups is 2. The molecule has 2 saturated carbocycles. The van der Waals surface area contributed by atoms with E-state index in [1.54, 1.807) is 18.2 Å². The van der Waals surface area contributed by atoms with Crippen molar-refractivity contribution in [3.05, 3.63) is 88.0 Å². The minimum Gasteiger partial charge on any atom is -0.490 e. The van der Waals surface area contributed by atoms with Crippen molar-refractivity contribution in [1.82, 2.24) is 25.3 Å². The summed E-state index contributed by atoms with van der Waals surface area (Å²) >= 11 is 0. The van der Waals surface area contributed by atoms with Crippen LogP contribution in [-0.2, 0) is 14.3 Å². The van der Waals surface area contributed by atoms with Crippen molar-refractivity contribution >= 4 is 35.2 Å². The number of piperidine rings is 2. The van der Waals surface area contributed by atoms with Crippen LogP contribution in [-0.4, -0.2) is 134 Å². The van der Waals surface area contributed by atoms with Crippen molar-refractivity contribution in [2.24, 2.45) is 16.7 Å². The van der Waals surface area contributed by atoms with Gasteiger partial charge in [0.2, 0.25) is 11.8 Å². The van der Waals surface area contributed by atoms with Crippen LogP contribution in [0.2, 0.25) is 0 Å². The summed E-state index contributed by atoms with van der Waals surface area (Å²) in [4.78, 5) is 73.1. The Labute approximate surface area is 399 Å². The van der Waals surface area contributed by atoms with Crippen LogP contribution in [0.1, 0.15) is 114 Å². The van der Waals surface area contributed by atoms with Crippen molar-refractivity contribution in [3.8, 4) is 17.6 Å². The lowest BCUT2D eigenvalue weighted by Gasteiger charge is -2.63. The second-order valence-corrected chi connectivity index (χ2v) is 21.0. The molecule has 9 rings (SSSR count). The summed E-state index contributed by atoms with van der Waals surface area (Å²) in [6.45, 7) is 20.7. The summed E-state index contributed by atoms with van der Waals surface area (Å²) in [5.74, 6) is -0.384. The van der Waals surface area contributed by atoms with E-state index >= 15 is 0 Å². The zero-order valence-electron chi connectivity index (χ0n) is 40.3. The van der Waals surface area contributed by atoms with Gasteiger partial charge < -0.3 is 24.4 Å². The van der Waals surface area contributed by atoms with Gasteiger partial charge in [-0.2, -0.15) is 5.26 Å². The molecule has 360 valence electrons. The number of ether oxygens (including phenoxy) is 3. The molecule has 15 heteroatoms. The molecular formula is C53H65N7O8. The zero-order chi connectivity index (χ0) is 48.1. The molecule has 0 spiro atoms. The fraction of sp³-hybridized carbons (Fsp3) is 0.547. The van der Waals surface area contributed by atoms with Gasteiger partial charge in [-0.05, 0) is 105 Å². The summed E-state index contributed by atoms with van der Waals surface area (Å²) < 4.78 is 18.6. The summed E-state index contributed by atoms with van der Waals surface area (Å²) in [5.41, 5.74) is 4.02. The first-order valence-corrected chi connectivity index (χ1v) is 24.4. The van der Waals surface area contributed by atoms with Crippen molar-refractivity contribution in [3.63, 3.8) is 0 Å². The molecule has 4 aliphatic heterocycles. The number of fused-ring (bicyclic) bond motifs is 1. The van der Waals surface area contributed by atoms with Crippen molar-refractivity contribution in [2.75, 3.05) is 63.9 Å². The maximum atomic E-state index is 13.7. The molecule has 4 heterocycles. The first-order valence-electron chi connectivity index (χ1n) is 24.4. The number of carbonyl (C=O) groups is 5. The number of rotatable bonds is 14. The lowest BCUT2D eigenvalue weighted by atomic mass is 9.49. The van der Waals surface area contributed by atoms with Crippen LogP contribution < -0.4 is 25.0 Å². The largest absolute Gasteiger partial charge is 0.490 e. The number of hydrogen-bond donors (Lipinski definition) is 2. The monoisotopic (exact) mass is 927 g/mol. The van der Waals surface area contributed by atoms with E-state index in [0.29, 0.717) is 28.8 Å². The predicted octanol–water partition coefficient (Wildman–Crippen LogP) is 5.65. The van der Waals surface area contributed by atoms with Crippen LogP contribution in [0, 0.1) is 41.9 Å². The zero-order valence-corrected chi connectivity index (χ0v) is 40.3. The number of aryl methyl sites for hydroxylation is 2. The minimum absolute atomic E-state index is 0.0271. The molecule has 3 saturated heterocycles. The van der Waals surface area contributed by atoms with Crippen LogP contribution in [0.3, 0.4) is 0 Å². The Balaban J connectivity index is 0.768. The van der Waals surface area contributed by atoms with Gasteiger partial charge >= 0.3 is 0 Å². The first kappa shape index (κ1) is 47.3. The fourth-order valence-corrected chi connectivity index (χ4v) is 12.0. The Morgan fingerprint density at radius 1 is 0.853 bits per heavy atom. The second-order valence-electron chi connectivity index (χ2n) is 21.0. The fourth-order valence-electron chi connectivity index (χ4n) is 12.0. The van der Waals surface area contributed by atoms with Crippen LogP contribution in [0.15, 0.2) is 54.6 Å². The van der Waals surface area contributed by atoms with Crippen LogP contribution in [0.25, 0.3) is 0 Å². The topological polar surface area (TPSA) is 174 Å². The van der Waals surface area contributed by atoms with Crippen LogP contribution in [0.4, 0.5) is 5.69 Å². The van der Waals surface area contributed by atoms with Gasteiger partial charge in [-0.3, -0.25) is 44.0 Å². The quantitative estimate of drug-likeness (QED) is 0.191. The van der Waals surface area contributed by atoms with Crippen LogP contribution >= 0.6 is 0 Å². The van der Waals surface area contributed by atoms with Crippen LogP contribution in [0.5, 0.6) is 11.5 Å². The van der Waals surface area contributed by atoms with Gasteiger partial charge in [0.15, 0.2) is 0 Å².